The van der Waals surface area contributed by atoms with Crippen LogP contribution in [0.4, 0.5) is 0 Å². The van der Waals surface area contributed by atoms with Crippen molar-refractivity contribution >= 4 is 17.1 Å². The maximum absolute atomic E-state index is 11.9. The largest absolute Gasteiger partial charge is 0.299 e. The third-order valence-corrected chi connectivity index (χ3v) is 5.59. The molecule has 4 aliphatic rings. The fourth-order valence-corrected chi connectivity index (χ4v) is 4.49. The zero-order valence-corrected chi connectivity index (χ0v) is 11.2. The van der Waals surface area contributed by atoms with Crippen LogP contribution in [0.1, 0.15) is 39.3 Å². The summed E-state index contributed by atoms with van der Waals surface area (Å²) in [6, 6.07) is 0.441. The van der Waals surface area contributed by atoms with E-state index in [0.29, 0.717) is 11.8 Å². The summed E-state index contributed by atoms with van der Waals surface area (Å²) in [6.07, 6.45) is 2.69. The van der Waals surface area contributed by atoms with Crippen LogP contribution < -0.4 is 0 Å². The van der Waals surface area contributed by atoms with Crippen molar-refractivity contribution in [3.63, 3.8) is 0 Å². The van der Waals surface area contributed by atoms with Gasteiger partial charge in [-0.3, -0.25) is 14.6 Å². The van der Waals surface area contributed by atoms with Gasteiger partial charge in [0.05, 0.1) is 16.6 Å². The summed E-state index contributed by atoms with van der Waals surface area (Å²) in [6.45, 7) is 5.80. The molecule has 2 bridgehead atoms. The van der Waals surface area contributed by atoms with Gasteiger partial charge >= 0.3 is 0 Å². The molecule has 1 aliphatic carbocycles. The first kappa shape index (κ1) is 11.1. The van der Waals surface area contributed by atoms with Gasteiger partial charge in [-0.25, -0.2) is 4.98 Å². The smallest absolute Gasteiger partial charge is 0.174 e. The van der Waals surface area contributed by atoms with Gasteiger partial charge < -0.3 is 0 Å². The van der Waals surface area contributed by atoms with Crippen molar-refractivity contribution in [2.75, 3.05) is 32.7 Å². The highest BCUT2D eigenvalue weighted by molar-refractivity contribution is 7.14. The number of hydrogen-bond acceptors (Lipinski definition) is 5. The zero-order valence-electron chi connectivity index (χ0n) is 10.4. The van der Waals surface area contributed by atoms with Crippen LogP contribution in [-0.2, 0) is 6.42 Å². The number of rotatable bonds is 1. The van der Waals surface area contributed by atoms with Gasteiger partial charge in [0.1, 0.15) is 5.01 Å². The molecule has 18 heavy (non-hydrogen) atoms. The molecule has 4 nitrogen and oxygen atoms in total. The van der Waals surface area contributed by atoms with Crippen LogP contribution in [-0.4, -0.2) is 53.3 Å². The molecule has 1 unspecified atom stereocenters. The monoisotopic (exact) mass is 263 g/mol. The standard InChI is InChI=1S/C13H17N3OS/c17-11-3-1-2-9-12(11)18-13(14-9)10-8-15-4-6-16(10)7-5-15/h10H,1-8H2. The molecule has 96 valence electrons. The van der Waals surface area contributed by atoms with Crippen molar-refractivity contribution in [3.8, 4) is 0 Å². The van der Waals surface area contributed by atoms with Gasteiger partial charge in [-0.05, 0) is 12.8 Å². The molecule has 5 rings (SSSR count). The molecule has 0 radical (unpaired) electrons. The highest BCUT2D eigenvalue weighted by Crippen LogP contribution is 2.35. The molecule has 1 aromatic heterocycles. The number of hydrogen-bond donors (Lipinski definition) is 0. The summed E-state index contributed by atoms with van der Waals surface area (Å²) in [7, 11) is 0. The van der Waals surface area contributed by atoms with Crippen LogP contribution in [0.5, 0.6) is 0 Å². The van der Waals surface area contributed by atoms with E-state index in [1.165, 1.54) is 18.1 Å². The van der Waals surface area contributed by atoms with E-state index in [-0.39, 0.29) is 0 Å². The van der Waals surface area contributed by atoms with Gasteiger partial charge in [0.2, 0.25) is 0 Å². The average molecular weight is 263 g/mol. The summed E-state index contributed by atoms with van der Waals surface area (Å²) < 4.78 is 0. The fraction of sp³-hybridized carbons (Fsp3) is 0.692. The van der Waals surface area contributed by atoms with Crippen molar-refractivity contribution < 1.29 is 4.79 Å². The van der Waals surface area contributed by atoms with Crippen LogP contribution in [0.3, 0.4) is 0 Å². The topological polar surface area (TPSA) is 36.4 Å². The average Bonchev–Trinajstić information content (AvgIpc) is 2.85. The second-order valence-corrected chi connectivity index (χ2v) is 6.49. The van der Waals surface area contributed by atoms with Crippen molar-refractivity contribution in [1.29, 1.82) is 0 Å². The molecule has 0 saturated carbocycles. The Balaban J connectivity index is 1.67. The highest BCUT2D eigenvalue weighted by atomic mass is 32.1. The third-order valence-electron chi connectivity index (χ3n) is 4.35. The maximum Gasteiger partial charge on any atom is 0.174 e. The molecule has 3 fully saturated rings. The van der Waals surface area contributed by atoms with Crippen LogP contribution in [0.25, 0.3) is 0 Å². The predicted molar refractivity (Wildman–Crippen MR) is 70.1 cm³/mol. The van der Waals surface area contributed by atoms with E-state index in [1.54, 1.807) is 11.3 Å². The number of carbonyl (C=O) groups is 1. The van der Waals surface area contributed by atoms with Crippen molar-refractivity contribution in [3.05, 3.63) is 15.6 Å². The van der Waals surface area contributed by atoms with Crippen molar-refractivity contribution in [1.82, 2.24) is 14.8 Å². The van der Waals surface area contributed by atoms with Crippen molar-refractivity contribution in [2.24, 2.45) is 0 Å². The van der Waals surface area contributed by atoms with E-state index in [0.717, 1.165) is 49.5 Å². The number of carbonyl (C=O) groups excluding carboxylic acids is 1. The number of aromatic nitrogens is 1. The van der Waals surface area contributed by atoms with Gasteiger partial charge in [0.15, 0.2) is 5.78 Å². The molecular weight excluding hydrogens is 246 g/mol. The van der Waals surface area contributed by atoms with Gasteiger partial charge in [0.25, 0.3) is 0 Å². The van der Waals surface area contributed by atoms with Crippen LogP contribution in [0.2, 0.25) is 0 Å². The molecule has 1 aromatic rings. The Bertz CT molecular complexity index is 490. The minimum absolute atomic E-state index is 0.316. The molecule has 0 aromatic carbocycles. The summed E-state index contributed by atoms with van der Waals surface area (Å²) in [5.74, 6) is 0.316. The second-order valence-electron chi connectivity index (χ2n) is 5.46. The molecule has 1 atom stereocenters. The molecular formula is C13H17N3OS. The number of aryl methyl sites for hydroxylation is 1. The Morgan fingerprint density at radius 1 is 1.17 bits per heavy atom. The Hall–Kier alpha value is -0.780. The first-order chi connectivity index (χ1) is 8.81. The lowest BCUT2D eigenvalue weighted by Gasteiger charge is -2.46. The number of thiazole rings is 1. The lowest BCUT2D eigenvalue weighted by molar-refractivity contribution is 0.0122. The summed E-state index contributed by atoms with van der Waals surface area (Å²) in [5, 5.41) is 1.18. The summed E-state index contributed by atoms with van der Waals surface area (Å²) in [4.78, 5) is 22.7. The Morgan fingerprint density at radius 2 is 2.00 bits per heavy atom. The number of ketones is 1. The van der Waals surface area contributed by atoms with E-state index in [4.69, 9.17) is 4.98 Å². The summed E-state index contributed by atoms with van der Waals surface area (Å²) in [5.41, 5.74) is 1.07. The number of nitrogens with zero attached hydrogens (tertiary/aromatic N) is 3. The van der Waals surface area contributed by atoms with E-state index in [2.05, 4.69) is 9.80 Å². The quantitative estimate of drug-likeness (QED) is 0.766. The Kier molecular flexibility index (Phi) is 2.53. The normalized spacial score (nSPS) is 34.7. The minimum Gasteiger partial charge on any atom is -0.299 e. The Morgan fingerprint density at radius 3 is 2.67 bits per heavy atom. The molecule has 0 N–H and O–H groups in total. The summed E-state index contributed by atoms with van der Waals surface area (Å²) >= 11 is 1.66. The lowest BCUT2D eigenvalue weighted by atomic mass is 10.0. The molecule has 0 spiro atoms. The number of Topliss-reactive ketones (excluding diaryl/α,β-unsaturated/α-hetero) is 1. The number of fused-ring (bicyclic) bond motifs is 4. The first-order valence-corrected chi connectivity index (χ1v) is 7.62. The SMILES string of the molecule is O=C1CCCc2nc(C3CN4CCN3CC4)sc21. The van der Waals surface area contributed by atoms with Gasteiger partial charge in [-0.2, -0.15) is 0 Å². The van der Waals surface area contributed by atoms with E-state index >= 15 is 0 Å². The predicted octanol–water partition coefficient (Wildman–Crippen LogP) is 1.33. The van der Waals surface area contributed by atoms with Crippen molar-refractivity contribution in [2.45, 2.75) is 25.3 Å². The zero-order chi connectivity index (χ0) is 12.1. The van der Waals surface area contributed by atoms with E-state index in [1.807, 2.05) is 0 Å². The fourth-order valence-electron chi connectivity index (χ4n) is 3.28. The molecule has 3 saturated heterocycles. The number of piperazine rings is 3. The van der Waals surface area contributed by atoms with E-state index < -0.39 is 0 Å². The molecule has 3 aliphatic heterocycles. The lowest BCUT2D eigenvalue weighted by Crippen LogP contribution is -2.56. The van der Waals surface area contributed by atoms with Crippen LogP contribution >= 0.6 is 11.3 Å². The van der Waals surface area contributed by atoms with Crippen LogP contribution in [0, 0.1) is 0 Å². The van der Waals surface area contributed by atoms with E-state index in [9.17, 15) is 4.79 Å². The van der Waals surface area contributed by atoms with Gasteiger partial charge in [-0.1, -0.05) is 0 Å². The highest BCUT2D eigenvalue weighted by Gasteiger charge is 2.35. The minimum atomic E-state index is 0.316. The molecule has 4 heterocycles. The van der Waals surface area contributed by atoms with Crippen LogP contribution in [0.15, 0.2) is 0 Å². The second kappa shape index (κ2) is 4.11. The molecule has 0 amide bonds. The maximum atomic E-state index is 11.9. The Labute approximate surface area is 111 Å². The van der Waals surface area contributed by atoms with Gasteiger partial charge in [-0.15, -0.1) is 11.3 Å². The molecule has 5 heteroatoms. The van der Waals surface area contributed by atoms with Gasteiger partial charge in [0, 0.05) is 39.1 Å². The first-order valence-electron chi connectivity index (χ1n) is 6.80. The third kappa shape index (κ3) is 1.65.